The molecule has 11 heavy (non-hydrogen) atoms. The summed E-state index contributed by atoms with van der Waals surface area (Å²) in [6.07, 6.45) is -4.29. The second-order valence-corrected chi connectivity index (χ2v) is 13.6. The van der Waals surface area contributed by atoms with Crippen LogP contribution in [-0.2, 0) is 0 Å². The van der Waals surface area contributed by atoms with Crippen molar-refractivity contribution < 1.29 is 13.2 Å². The molecule has 0 unspecified atom stereocenters. The molecular formula is C3Br3F3I2. The van der Waals surface area contributed by atoms with E-state index in [1.807, 2.05) is 0 Å². The Hall–Kier alpha value is 2.69. The van der Waals surface area contributed by atoms with Crippen LogP contribution in [0, 0.1) is 0 Å². The maximum absolute atomic E-state index is 12.2. The standard InChI is InChI=1S/C3Br3F3I2/c4-2(5,6)1(10,11)3(7,8)9. The van der Waals surface area contributed by atoms with E-state index in [1.54, 1.807) is 0 Å². The molecule has 68 valence electrons. The smallest absolute Gasteiger partial charge is 0.168 e. The average Bonchev–Trinajstić information content (AvgIpc) is 1.58. The van der Waals surface area contributed by atoms with Gasteiger partial charge in [0.2, 0.25) is 1.43 Å². The van der Waals surface area contributed by atoms with Gasteiger partial charge >= 0.3 is 6.18 Å². The minimum Gasteiger partial charge on any atom is -0.168 e. The van der Waals surface area contributed by atoms with Crippen molar-refractivity contribution in [3.63, 3.8) is 0 Å². The zero-order chi connectivity index (χ0) is 9.50. The van der Waals surface area contributed by atoms with Crippen LogP contribution < -0.4 is 0 Å². The van der Waals surface area contributed by atoms with Gasteiger partial charge in [0.1, 0.15) is 0 Å². The molecule has 0 aromatic carbocycles. The van der Waals surface area contributed by atoms with Gasteiger partial charge < -0.3 is 0 Å². The van der Waals surface area contributed by atoms with E-state index in [0.29, 0.717) is 0 Å². The normalized spacial score (nSPS) is 15.3. The number of rotatable bonds is 0. The molecular weight excluding hydrogens is 587 g/mol. The Morgan fingerprint density at radius 1 is 0.909 bits per heavy atom. The lowest BCUT2D eigenvalue weighted by atomic mass is 10.5. The van der Waals surface area contributed by atoms with E-state index >= 15 is 0 Å². The zero-order valence-corrected chi connectivity index (χ0v) is 13.6. The summed E-state index contributed by atoms with van der Waals surface area (Å²) in [6.45, 7) is 0. The maximum Gasteiger partial charge on any atom is 0.415 e. The van der Waals surface area contributed by atoms with Gasteiger partial charge in [0.15, 0.2) is 2.14 Å². The molecule has 0 bridgehead atoms. The van der Waals surface area contributed by atoms with Gasteiger partial charge in [-0.2, -0.15) is 13.2 Å². The van der Waals surface area contributed by atoms with Crippen LogP contribution in [0.4, 0.5) is 13.2 Å². The van der Waals surface area contributed by atoms with Crippen LogP contribution in [0.1, 0.15) is 0 Å². The van der Waals surface area contributed by atoms with E-state index in [2.05, 4.69) is 47.8 Å². The first-order valence-corrected chi connectivity index (χ1v) is 6.55. The Morgan fingerprint density at radius 3 is 1.18 bits per heavy atom. The van der Waals surface area contributed by atoms with Gasteiger partial charge in [-0.1, -0.05) is 93.0 Å². The molecule has 0 aliphatic rings. The van der Waals surface area contributed by atoms with Gasteiger partial charge in [-0.05, 0) is 0 Å². The first kappa shape index (κ1) is 13.7. The predicted molar refractivity (Wildman–Crippen MR) is 66.3 cm³/mol. The maximum atomic E-state index is 12.2. The molecule has 0 aliphatic heterocycles. The van der Waals surface area contributed by atoms with Crippen LogP contribution in [0.3, 0.4) is 0 Å². The van der Waals surface area contributed by atoms with Gasteiger partial charge in [0.05, 0.1) is 0 Å². The van der Waals surface area contributed by atoms with E-state index in [-0.39, 0.29) is 0 Å². The van der Waals surface area contributed by atoms with Gasteiger partial charge in [0, 0.05) is 0 Å². The molecule has 0 radical (unpaired) electrons. The SMILES string of the molecule is FC(F)(F)C(I)(I)C(Br)(Br)Br. The first-order chi connectivity index (χ1) is 4.50. The summed E-state index contributed by atoms with van der Waals surface area (Å²) in [7, 11) is 0. The Labute approximate surface area is 114 Å². The summed E-state index contributed by atoms with van der Waals surface area (Å²) in [5.41, 5.74) is 0. The number of alkyl halides is 8. The minimum absolute atomic E-state index is 1.31. The third kappa shape index (κ3) is 3.39. The second kappa shape index (κ2) is 4.05. The Balaban J connectivity index is 4.75. The van der Waals surface area contributed by atoms with E-state index in [9.17, 15) is 13.2 Å². The van der Waals surface area contributed by atoms with Crippen LogP contribution in [0.5, 0.6) is 0 Å². The highest BCUT2D eigenvalue weighted by Crippen LogP contribution is 2.60. The molecule has 0 spiro atoms. The van der Waals surface area contributed by atoms with Crippen LogP contribution in [0.25, 0.3) is 0 Å². The largest absolute Gasteiger partial charge is 0.415 e. The van der Waals surface area contributed by atoms with Crippen molar-refractivity contribution in [1.29, 1.82) is 0 Å². The number of hydrogen-bond donors (Lipinski definition) is 0. The third-order valence-corrected chi connectivity index (χ3v) is 9.79. The van der Waals surface area contributed by atoms with Crippen molar-refractivity contribution in [2.45, 2.75) is 9.75 Å². The highest BCUT2D eigenvalue weighted by atomic mass is 127. The Morgan fingerprint density at radius 2 is 1.18 bits per heavy atom. The molecule has 0 rings (SSSR count). The van der Waals surface area contributed by atoms with Crippen LogP contribution in [0.2, 0.25) is 0 Å². The fraction of sp³-hybridized carbons (Fsp3) is 1.00. The highest BCUT2D eigenvalue weighted by molar-refractivity contribution is 14.2. The fourth-order valence-electron chi connectivity index (χ4n) is 0.161. The molecule has 8 heteroatoms. The molecule has 0 N–H and O–H groups in total. The monoisotopic (exact) mass is 584 g/mol. The summed E-state index contributed by atoms with van der Waals surface area (Å²) in [5, 5.41) is 0. The van der Waals surface area contributed by atoms with E-state index in [0.717, 1.165) is 0 Å². The van der Waals surface area contributed by atoms with Crippen LogP contribution in [0.15, 0.2) is 0 Å². The Kier molecular flexibility index (Phi) is 5.04. The van der Waals surface area contributed by atoms with E-state index in [4.69, 9.17) is 0 Å². The molecule has 0 saturated heterocycles. The van der Waals surface area contributed by atoms with Crippen molar-refractivity contribution >= 4 is 93.0 Å². The summed E-state index contributed by atoms with van der Waals surface area (Å²) < 4.78 is 33.4. The van der Waals surface area contributed by atoms with Gasteiger partial charge in [-0.15, -0.1) is 0 Å². The highest BCUT2D eigenvalue weighted by Gasteiger charge is 2.61. The lowest BCUT2D eigenvalue weighted by Gasteiger charge is -2.31. The van der Waals surface area contributed by atoms with Crippen LogP contribution in [-0.4, -0.2) is 9.75 Å². The second-order valence-electron chi connectivity index (χ2n) is 1.57. The molecule has 0 atom stereocenters. The predicted octanol–water partition coefficient (Wildman–Crippen LogP) is 4.95. The molecule has 0 aromatic rings. The summed E-state index contributed by atoms with van der Waals surface area (Å²) in [5.74, 6) is 0. The first-order valence-electron chi connectivity index (χ1n) is 2.01. The van der Waals surface area contributed by atoms with Crippen LogP contribution >= 0.6 is 93.0 Å². The molecule has 0 aliphatic carbocycles. The number of halogens is 8. The van der Waals surface area contributed by atoms with Crippen molar-refractivity contribution in [2.75, 3.05) is 0 Å². The fourth-order valence-corrected chi connectivity index (χ4v) is 0.835. The van der Waals surface area contributed by atoms with Gasteiger partial charge in [-0.25, -0.2) is 0 Å². The summed E-state index contributed by atoms with van der Waals surface area (Å²) in [4.78, 5) is 0. The molecule has 0 amide bonds. The van der Waals surface area contributed by atoms with Gasteiger partial charge in [0.25, 0.3) is 0 Å². The molecule has 0 heterocycles. The lowest BCUT2D eigenvalue weighted by Crippen LogP contribution is -2.43. The molecule has 0 fully saturated rings. The summed E-state index contributed by atoms with van der Waals surface area (Å²) in [6, 6.07) is 0. The zero-order valence-electron chi connectivity index (χ0n) is 4.52. The quantitative estimate of drug-likeness (QED) is 0.279. The average molecular weight is 587 g/mol. The van der Waals surface area contributed by atoms with Crippen molar-refractivity contribution in [2.24, 2.45) is 0 Å². The number of hydrogen-bond acceptors (Lipinski definition) is 0. The van der Waals surface area contributed by atoms with Gasteiger partial charge in [-0.3, -0.25) is 0 Å². The third-order valence-electron chi connectivity index (χ3n) is 0.712. The molecule has 0 nitrogen and oxygen atoms in total. The van der Waals surface area contributed by atoms with Crippen molar-refractivity contribution in [3.05, 3.63) is 0 Å². The van der Waals surface area contributed by atoms with Crippen molar-refractivity contribution in [1.82, 2.24) is 0 Å². The lowest BCUT2D eigenvalue weighted by molar-refractivity contribution is -0.126. The molecule has 0 aromatic heterocycles. The topological polar surface area (TPSA) is 0 Å². The van der Waals surface area contributed by atoms with E-state index in [1.165, 1.54) is 45.2 Å². The van der Waals surface area contributed by atoms with E-state index < -0.39 is 9.75 Å². The minimum atomic E-state index is -4.29. The molecule has 0 saturated carbocycles. The summed E-state index contributed by atoms with van der Waals surface area (Å²) >= 11 is 11.1. The van der Waals surface area contributed by atoms with Crippen molar-refractivity contribution in [3.8, 4) is 0 Å². The Bertz CT molecular complexity index is 133.